The summed E-state index contributed by atoms with van der Waals surface area (Å²) < 4.78 is 73.4. The van der Waals surface area contributed by atoms with Gasteiger partial charge in [-0.25, -0.2) is 24.6 Å². The minimum absolute atomic E-state index is 0.502. The van der Waals surface area contributed by atoms with Crippen molar-refractivity contribution >= 4 is 28.5 Å². The first-order valence-electron chi connectivity index (χ1n) is 3.46. The molecule has 0 saturated heterocycles. The van der Waals surface area contributed by atoms with Crippen molar-refractivity contribution in [3.8, 4) is 0 Å². The van der Waals surface area contributed by atoms with Crippen LogP contribution in [-0.2, 0) is 0 Å². The predicted molar refractivity (Wildman–Crippen MR) is 43.9 cm³/mol. The highest BCUT2D eigenvalue weighted by atomic mass is 28.5. The van der Waals surface area contributed by atoms with Gasteiger partial charge in [0.1, 0.15) is 0 Å². The maximum Gasteiger partial charge on any atom is 0.653 e. The van der Waals surface area contributed by atoms with Crippen LogP contribution in [0.15, 0.2) is 24.3 Å². The lowest BCUT2D eigenvalue weighted by Gasteiger charge is -2.10. The summed E-state index contributed by atoms with van der Waals surface area (Å²) in [5.74, 6) is 0. The van der Waals surface area contributed by atoms with Gasteiger partial charge in [-0.2, -0.15) is 0 Å². The normalized spacial score (nSPS) is 13.0. The maximum absolute atomic E-state index is 12.2. The molecule has 1 aromatic rings. The fraction of sp³-hybridized carbons (Fsp3) is 0. The van der Waals surface area contributed by atoms with Gasteiger partial charge in [0, 0.05) is 10.4 Å². The van der Waals surface area contributed by atoms with Gasteiger partial charge in [-0.15, -0.1) is 0 Å². The molecule has 0 aromatic heterocycles. The lowest BCUT2D eigenvalue weighted by molar-refractivity contribution is 0.491. The maximum atomic E-state index is 12.2. The van der Waals surface area contributed by atoms with Gasteiger partial charge >= 0.3 is 18.2 Å². The molecule has 0 saturated carbocycles. The molecule has 1 rings (SSSR count). The Bertz CT molecular complexity index is 295. The molecule has 0 fully saturated rings. The van der Waals surface area contributed by atoms with Crippen LogP contribution in [0.3, 0.4) is 0 Å². The summed E-state index contributed by atoms with van der Waals surface area (Å²) in [5, 5.41) is -2.92. The van der Waals surface area contributed by atoms with E-state index in [1.807, 2.05) is 0 Å². The van der Waals surface area contributed by atoms with E-state index in [0.717, 1.165) is 12.1 Å². The Morgan fingerprint density at radius 2 is 0.929 bits per heavy atom. The second-order valence-electron chi connectivity index (χ2n) is 2.54. The van der Waals surface area contributed by atoms with E-state index < -0.39 is 28.5 Å². The molecular weight excluding hydrogens is 242 g/mol. The number of benzene rings is 1. The van der Waals surface area contributed by atoms with Gasteiger partial charge in [-0.3, -0.25) is 0 Å². The van der Waals surface area contributed by atoms with Crippen molar-refractivity contribution in [2.45, 2.75) is 0 Å². The van der Waals surface area contributed by atoms with Gasteiger partial charge in [-0.05, 0) is 0 Å². The largest absolute Gasteiger partial charge is 0.653 e. The molecule has 0 N–H and O–H groups in total. The molecule has 8 heteroatoms. The standard InChI is InChI=1S/C6H4F6Si2/c7-13(8,9)5-3-1-2-4-6(5)14(10,11)12/h1-4H. The Kier molecular flexibility index (Phi) is 2.77. The van der Waals surface area contributed by atoms with Gasteiger partial charge in [0.05, 0.1) is 0 Å². The van der Waals surface area contributed by atoms with Crippen molar-refractivity contribution in [3.05, 3.63) is 24.3 Å². The van der Waals surface area contributed by atoms with Crippen LogP contribution in [0.4, 0.5) is 24.6 Å². The summed E-state index contributed by atoms with van der Waals surface area (Å²) in [6.07, 6.45) is 0. The molecule has 14 heavy (non-hydrogen) atoms. The first-order chi connectivity index (χ1) is 6.23. The Balaban J connectivity index is 3.31. The zero-order valence-corrected chi connectivity index (χ0v) is 8.58. The van der Waals surface area contributed by atoms with E-state index in [1.165, 1.54) is 0 Å². The van der Waals surface area contributed by atoms with E-state index in [9.17, 15) is 24.6 Å². The number of halogens is 6. The highest BCUT2D eigenvalue weighted by molar-refractivity contribution is 6.84. The van der Waals surface area contributed by atoms with E-state index in [2.05, 4.69) is 0 Å². The van der Waals surface area contributed by atoms with Crippen molar-refractivity contribution in [1.29, 1.82) is 0 Å². The van der Waals surface area contributed by atoms with Crippen molar-refractivity contribution < 1.29 is 24.6 Å². The van der Waals surface area contributed by atoms with Crippen molar-refractivity contribution in [2.75, 3.05) is 0 Å². The molecule has 0 atom stereocenters. The van der Waals surface area contributed by atoms with E-state index in [-0.39, 0.29) is 0 Å². The Morgan fingerprint density at radius 1 is 0.643 bits per heavy atom. The van der Waals surface area contributed by atoms with Crippen LogP contribution in [0.2, 0.25) is 0 Å². The summed E-state index contributed by atoms with van der Waals surface area (Å²) in [4.78, 5) is 0. The van der Waals surface area contributed by atoms with Gasteiger partial charge in [-0.1, -0.05) is 24.3 Å². The average molecular weight is 246 g/mol. The minimum Gasteiger partial charge on any atom is -0.234 e. The topological polar surface area (TPSA) is 0 Å². The molecule has 0 aliphatic carbocycles. The second-order valence-corrected chi connectivity index (χ2v) is 5.61. The van der Waals surface area contributed by atoms with E-state index in [0.29, 0.717) is 12.1 Å². The van der Waals surface area contributed by atoms with Gasteiger partial charge < -0.3 is 0 Å². The molecule has 0 aliphatic rings. The minimum atomic E-state index is -6.37. The van der Waals surface area contributed by atoms with Gasteiger partial charge in [0.25, 0.3) is 0 Å². The quantitative estimate of drug-likeness (QED) is 0.424. The molecular formula is C6H4F6Si2. The van der Waals surface area contributed by atoms with Crippen LogP contribution in [0, 0.1) is 0 Å². The predicted octanol–water partition coefficient (Wildman–Crippen LogP) is 1.80. The lowest BCUT2D eigenvalue weighted by atomic mass is 10.4. The van der Waals surface area contributed by atoms with Crippen molar-refractivity contribution in [2.24, 2.45) is 0 Å². The molecule has 0 heterocycles. The highest BCUT2D eigenvalue weighted by Crippen LogP contribution is 2.13. The molecule has 0 bridgehead atoms. The summed E-state index contributed by atoms with van der Waals surface area (Å²) >= 11 is 0. The van der Waals surface area contributed by atoms with Crippen LogP contribution in [-0.4, -0.2) is 18.2 Å². The van der Waals surface area contributed by atoms with E-state index in [4.69, 9.17) is 0 Å². The lowest BCUT2D eigenvalue weighted by Crippen LogP contribution is -2.53. The monoisotopic (exact) mass is 246 g/mol. The number of rotatable bonds is 2. The number of hydrogen-bond acceptors (Lipinski definition) is 0. The molecule has 0 amide bonds. The Labute approximate surface area is 78.2 Å². The van der Waals surface area contributed by atoms with Crippen LogP contribution < -0.4 is 10.4 Å². The van der Waals surface area contributed by atoms with E-state index in [1.54, 1.807) is 0 Å². The van der Waals surface area contributed by atoms with Gasteiger partial charge in [0.15, 0.2) is 0 Å². The fourth-order valence-electron chi connectivity index (χ4n) is 0.978. The zero-order valence-electron chi connectivity index (χ0n) is 6.58. The van der Waals surface area contributed by atoms with Gasteiger partial charge in [0.2, 0.25) is 0 Å². The molecule has 78 valence electrons. The third kappa shape index (κ3) is 2.38. The Morgan fingerprint density at radius 3 is 1.14 bits per heavy atom. The zero-order chi connectivity index (χ0) is 11.0. The first kappa shape index (κ1) is 11.3. The van der Waals surface area contributed by atoms with Crippen molar-refractivity contribution in [1.82, 2.24) is 0 Å². The third-order valence-corrected chi connectivity index (χ3v) is 3.88. The molecule has 1 aromatic carbocycles. The molecule has 0 aliphatic heterocycles. The fourth-order valence-corrected chi connectivity index (χ4v) is 3.18. The van der Waals surface area contributed by atoms with Crippen molar-refractivity contribution in [3.63, 3.8) is 0 Å². The molecule has 0 spiro atoms. The van der Waals surface area contributed by atoms with Crippen LogP contribution in [0.5, 0.6) is 0 Å². The highest BCUT2D eigenvalue weighted by Gasteiger charge is 2.51. The second kappa shape index (κ2) is 3.42. The SMILES string of the molecule is F[Si](F)(F)c1ccccc1[Si](F)(F)F. The Hall–Kier alpha value is -0.766. The molecule has 0 nitrogen and oxygen atoms in total. The molecule has 0 unspecified atom stereocenters. The van der Waals surface area contributed by atoms with Crippen LogP contribution in [0.1, 0.15) is 0 Å². The summed E-state index contributed by atoms with van der Waals surface area (Å²) in [6.45, 7) is 0. The average Bonchev–Trinajstić information content (AvgIpc) is 2.01. The molecule has 0 radical (unpaired) electrons. The summed E-state index contributed by atoms with van der Waals surface area (Å²) in [6, 6.07) is 2.95. The smallest absolute Gasteiger partial charge is 0.234 e. The number of hydrogen-bond donors (Lipinski definition) is 0. The summed E-state index contributed by atoms with van der Waals surface area (Å²) in [5.41, 5.74) is 0. The summed E-state index contributed by atoms with van der Waals surface area (Å²) in [7, 11) is -12.7. The van der Waals surface area contributed by atoms with E-state index >= 15 is 0 Å². The third-order valence-electron chi connectivity index (χ3n) is 1.54. The van der Waals surface area contributed by atoms with Crippen LogP contribution in [0.25, 0.3) is 0 Å². The van der Waals surface area contributed by atoms with Crippen LogP contribution >= 0.6 is 0 Å². The first-order valence-corrected chi connectivity index (χ1v) is 6.73.